The van der Waals surface area contributed by atoms with Crippen LogP contribution in [0.4, 0.5) is 0 Å². The van der Waals surface area contributed by atoms with E-state index < -0.39 is 0 Å². The standard InChI is InChI=1S/C16H18BrN3/c17-14-5-1-4-13(10-14)15-6-8-19-16(20-15)9-12-3-2-7-18-11-12/h1,4-6,8,10,12,18H,2-3,7,9,11H2. The first kappa shape index (κ1) is 13.7. The molecule has 0 spiro atoms. The first-order valence-electron chi connectivity index (χ1n) is 7.10. The largest absolute Gasteiger partial charge is 0.316 e. The van der Waals surface area contributed by atoms with Crippen LogP contribution in [0.2, 0.25) is 0 Å². The molecule has 1 aromatic carbocycles. The van der Waals surface area contributed by atoms with Gasteiger partial charge in [-0.2, -0.15) is 0 Å². The van der Waals surface area contributed by atoms with Crippen LogP contribution in [0.3, 0.4) is 0 Å². The van der Waals surface area contributed by atoms with Crippen molar-refractivity contribution in [3.05, 3.63) is 46.8 Å². The van der Waals surface area contributed by atoms with Crippen molar-refractivity contribution in [2.75, 3.05) is 13.1 Å². The van der Waals surface area contributed by atoms with E-state index >= 15 is 0 Å². The molecule has 1 fully saturated rings. The summed E-state index contributed by atoms with van der Waals surface area (Å²) in [6.45, 7) is 2.24. The van der Waals surface area contributed by atoms with E-state index in [-0.39, 0.29) is 0 Å². The minimum absolute atomic E-state index is 0.668. The van der Waals surface area contributed by atoms with Crippen LogP contribution >= 0.6 is 15.9 Å². The highest BCUT2D eigenvalue weighted by Gasteiger charge is 2.15. The second-order valence-corrected chi connectivity index (χ2v) is 6.20. The van der Waals surface area contributed by atoms with Crippen molar-refractivity contribution in [3.8, 4) is 11.3 Å². The monoisotopic (exact) mass is 331 g/mol. The minimum atomic E-state index is 0.668. The number of hydrogen-bond donors (Lipinski definition) is 1. The van der Waals surface area contributed by atoms with Gasteiger partial charge in [-0.05, 0) is 50.0 Å². The Labute approximate surface area is 128 Å². The molecule has 2 heterocycles. The molecule has 20 heavy (non-hydrogen) atoms. The Balaban J connectivity index is 1.78. The lowest BCUT2D eigenvalue weighted by Gasteiger charge is -2.21. The third kappa shape index (κ3) is 3.44. The van der Waals surface area contributed by atoms with Crippen LogP contribution < -0.4 is 5.32 Å². The third-order valence-electron chi connectivity index (χ3n) is 3.70. The summed E-state index contributed by atoms with van der Waals surface area (Å²) in [4.78, 5) is 9.15. The second kappa shape index (κ2) is 6.46. The number of nitrogens with zero attached hydrogens (tertiary/aromatic N) is 2. The van der Waals surface area contributed by atoms with E-state index in [1.165, 1.54) is 12.8 Å². The van der Waals surface area contributed by atoms with Crippen LogP contribution in [-0.2, 0) is 6.42 Å². The lowest BCUT2D eigenvalue weighted by Crippen LogP contribution is -2.31. The molecule has 1 aliphatic heterocycles. The molecule has 1 unspecified atom stereocenters. The average molecular weight is 332 g/mol. The first-order valence-corrected chi connectivity index (χ1v) is 7.89. The molecule has 3 rings (SSSR count). The maximum absolute atomic E-state index is 4.72. The van der Waals surface area contributed by atoms with E-state index in [4.69, 9.17) is 4.98 Å². The molecule has 0 bridgehead atoms. The summed E-state index contributed by atoms with van der Waals surface area (Å²) in [7, 11) is 0. The highest BCUT2D eigenvalue weighted by molar-refractivity contribution is 9.10. The average Bonchev–Trinajstić information content (AvgIpc) is 2.49. The summed E-state index contributed by atoms with van der Waals surface area (Å²) >= 11 is 3.51. The van der Waals surface area contributed by atoms with Gasteiger partial charge >= 0.3 is 0 Å². The minimum Gasteiger partial charge on any atom is -0.316 e. The zero-order valence-electron chi connectivity index (χ0n) is 11.3. The molecule has 104 valence electrons. The fourth-order valence-corrected chi connectivity index (χ4v) is 3.06. The Hall–Kier alpha value is -1.26. The number of aromatic nitrogens is 2. The van der Waals surface area contributed by atoms with Crippen molar-refractivity contribution in [3.63, 3.8) is 0 Å². The summed E-state index contributed by atoms with van der Waals surface area (Å²) in [5, 5.41) is 3.45. The number of piperidine rings is 1. The summed E-state index contributed by atoms with van der Waals surface area (Å²) in [5.41, 5.74) is 2.13. The fraction of sp³-hybridized carbons (Fsp3) is 0.375. The van der Waals surface area contributed by atoms with Gasteiger partial charge in [0.15, 0.2) is 0 Å². The van der Waals surface area contributed by atoms with Gasteiger partial charge in [0.1, 0.15) is 5.82 Å². The topological polar surface area (TPSA) is 37.8 Å². The second-order valence-electron chi connectivity index (χ2n) is 5.28. The lowest BCUT2D eigenvalue weighted by molar-refractivity contribution is 0.371. The van der Waals surface area contributed by atoms with Crippen LogP contribution in [0.15, 0.2) is 41.0 Å². The summed E-state index contributed by atoms with van der Waals surface area (Å²) in [5.74, 6) is 1.62. The zero-order valence-corrected chi connectivity index (χ0v) is 12.9. The van der Waals surface area contributed by atoms with E-state index in [0.717, 1.165) is 41.1 Å². The van der Waals surface area contributed by atoms with Crippen LogP contribution in [0.5, 0.6) is 0 Å². The number of nitrogens with one attached hydrogen (secondary N) is 1. The molecule has 4 heteroatoms. The van der Waals surface area contributed by atoms with E-state index in [1.807, 2.05) is 24.4 Å². The molecule has 3 nitrogen and oxygen atoms in total. The molecule has 1 atom stereocenters. The van der Waals surface area contributed by atoms with Crippen molar-refractivity contribution < 1.29 is 0 Å². The van der Waals surface area contributed by atoms with Crippen LogP contribution in [0.25, 0.3) is 11.3 Å². The molecule has 0 saturated carbocycles. The molecular weight excluding hydrogens is 314 g/mol. The lowest BCUT2D eigenvalue weighted by atomic mass is 9.96. The van der Waals surface area contributed by atoms with Gasteiger partial charge in [0, 0.05) is 22.7 Å². The Kier molecular flexibility index (Phi) is 4.43. The van der Waals surface area contributed by atoms with Gasteiger partial charge in [0.05, 0.1) is 5.69 Å². The normalized spacial score (nSPS) is 18.9. The van der Waals surface area contributed by atoms with Crippen molar-refractivity contribution in [2.45, 2.75) is 19.3 Å². The van der Waals surface area contributed by atoms with E-state index in [1.54, 1.807) is 0 Å². The molecule has 0 amide bonds. The third-order valence-corrected chi connectivity index (χ3v) is 4.19. The SMILES string of the molecule is Brc1cccc(-c2ccnc(CC3CCCNC3)n2)c1. The van der Waals surface area contributed by atoms with Crippen molar-refractivity contribution in [2.24, 2.45) is 5.92 Å². The molecular formula is C16H18BrN3. The van der Waals surface area contributed by atoms with E-state index in [9.17, 15) is 0 Å². The van der Waals surface area contributed by atoms with Crippen molar-refractivity contribution in [1.29, 1.82) is 0 Å². The van der Waals surface area contributed by atoms with Crippen LogP contribution in [0, 0.1) is 5.92 Å². The molecule has 1 aliphatic rings. The number of halogens is 1. The Morgan fingerprint density at radius 3 is 3.05 bits per heavy atom. The molecule has 2 aromatic rings. The van der Waals surface area contributed by atoms with Gasteiger partial charge in [-0.15, -0.1) is 0 Å². The van der Waals surface area contributed by atoms with E-state index in [2.05, 4.69) is 38.4 Å². The van der Waals surface area contributed by atoms with Gasteiger partial charge in [0.25, 0.3) is 0 Å². The van der Waals surface area contributed by atoms with Gasteiger partial charge in [-0.1, -0.05) is 28.1 Å². The molecule has 1 saturated heterocycles. The van der Waals surface area contributed by atoms with Gasteiger partial charge in [0.2, 0.25) is 0 Å². The summed E-state index contributed by atoms with van der Waals surface area (Å²) < 4.78 is 1.08. The van der Waals surface area contributed by atoms with Crippen LogP contribution in [-0.4, -0.2) is 23.1 Å². The molecule has 0 radical (unpaired) electrons. The Morgan fingerprint density at radius 1 is 1.30 bits per heavy atom. The highest BCUT2D eigenvalue weighted by Crippen LogP contribution is 2.22. The fourth-order valence-electron chi connectivity index (χ4n) is 2.66. The van der Waals surface area contributed by atoms with Crippen molar-refractivity contribution >= 4 is 15.9 Å². The zero-order chi connectivity index (χ0) is 13.8. The predicted octanol–water partition coefficient (Wildman–Crippen LogP) is 3.45. The van der Waals surface area contributed by atoms with Gasteiger partial charge in [-0.25, -0.2) is 9.97 Å². The van der Waals surface area contributed by atoms with Crippen LogP contribution in [0.1, 0.15) is 18.7 Å². The first-order chi connectivity index (χ1) is 9.81. The number of benzene rings is 1. The summed E-state index contributed by atoms with van der Waals surface area (Å²) in [6, 6.07) is 10.2. The predicted molar refractivity (Wildman–Crippen MR) is 84.5 cm³/mol. The molecule has 1 aromatic heterocycles. The van der Waals surface area contributed by atoms with Gasteiger partial charge in [-0.3, -0.25) is 0 Å². The molecule has 1 N–H and O–H groups in total. The Morgan fingerprint density at radius 2 is 2.25 bits per heavy atom. The van der Waals surface area contributed by atoms with Gasteiger partial charge < -0.3 is 5.32 Å². The maximum atomic E-state index is 4.72. The summed E-state index contributed by atoms with van der Waals surface area (Å²) in [6.07, 6.45) is 5.37. The maximum Gasteiger partial charge on any atom is 0.129 e. The smallest absolute Gasteiger partial charge is 0.129 e. The Bertz CT molecular complexity index is 579. The van der Waals surface area contributed by atoms with Crippen molar-refractivity contribution in [1.82, 2.24) is 15.3 Å². The quantitative estimate of drug-likeness (QED) is 0.936. The number of hydrogen-bond acceptors (Lipinski definition) is 3. The highest BCUT2D eigenvalue weighted by atomic mass is 79.9. The number of rotatable bonds is 3. The van der Waals surface area contributed by atoms with E-state index in [0.29, 0.717) is 5.92 Å². The molecule has 0 aliphatic carbocycles.